The van der Waals surface area contributed by atoms with Crippen molar-refractivity contribution in [1.29, 1.82) is 0 Å². The Morgan fingerprint density at radius 2 is 1.85 bits per heavy atom. The van der Waals surface area contributed by atoms with Crippen LogP contribution in [0.5, 0.6) is 0 Å². The summed E-state index contributed by atoms with van der Waals surface area (Å²) in [6.45, 7) is 0. The van der Waals surface area contributed by atoms with Crippen LogP contribution >= 0.6 is 27.5 Å². The molecule has 5 heteroatoms. The molecule has 0 atom stereocenters. The van der Waals surface area contributed by atoms with Gasteiger partial charge in [-0.2, -0.15) is 0 Å². The van der Waals surface area contributed by atoms with Crippen molar-refractivity contribution in [1.82, 2.24) is 4.57 Å². The van der Waals surface area contributed by atoms with Crippen molar-refractivity contribution in [2.75, 3.05) is 5.73 Å². The van der Waals surface area contributed by atoms with Crippen LogP contribution in [0.1, 0.15) is 0 Å². The molecule has 1 aromatic heterocycles. The number of hydrogen-bond donors (Lipinski definition) is 1. The van der Waals surface area contributed by atoms with Gasteiger partial charge in [-0.3, -0.25) is 9.36 Å². The minimum Gasteiger partial charge on any atom is -0.385 e. The summed E-state index contributed by atoms with van der Waals surface area (Å²) in [5.41, 5.74) is 6.42. The summed E-state index contributed by atoms with van der Waals surface area (Å²) in [5.74, 6) is 0.359. The SMILES string of the molecule is Nc1cc2ccccc2c(=O)n1-c1ccc(Br)cc1Cl. The van der Waals surface area contributed by atoms with E-state index in [-0.39, 0.29) is 5.56 Å². The molecule has 0 radical (unpaired) electrons. The fraction of sp³-hybridized carbons (Fsp3) is 0. The Balaban J connectivity index is 2.39. The number of hydrogen-bond acceptors (Lipinski definition) is 2. The summed E-state index contributed by atoms with van der Waals surface area (Å²) in [4.78, 5) is 12.6. The molecule has 1 heterocycles. The number of nitrogens with two attached hydrogens (primary N) is 1. The fourth-order valence-electron chi connectivity index (χ4n) is 2.19. The Morgan fingerprint density at radius 3 is 2.60 bits per heavy atom. The molecule has 100 valence electrons. The predicted octanol–water partition coefficient (Wildman–Crippen LogP) is 3.99. The second-order valence-electron chi connectivity index (χ2n) is 4.39. The lowest BCUT2D eigenvalue weighted by atomic mass is 10.1. The first-order chi connectivity index (χ1) is 9.58. The van der Waals surface area contributed by atoms with Gasteiger partial charge in [-0.15, -0.1) is 0 Å². The average Bonchev–Trinajstić information content (AvgIpc) is 2.41. The van der Waals surface area contributed by atoms with Gasteiger partial charge in [-0.25, -0.2) is 0 Å². The van der Waals surface area contributed by atoms with E-state index in [1.165, 1.54) is 4.57 Å². The van der Waals surface area contributed by atoms with Gasteiger partial charge in [-0.05, 0) is 35.7 Å². The van der Waals surface area contributed by atoms with E-state index in [2.05, 4.69) is 15.9 Å². The van der Waals surface area contributed by atoms with E-state index in [4.69, 9.17) is 17.3 Å². The standard InChI is InChI=1S/C15H10BrClN2O/c16-10-5-6-13(12(17)8-10)19-14(18)7-9-3-1-2-4-11(9)15(19)20/h1-8H,18H2. The topological polar surface area (TPSA) is 48.0 Å². The summed E-state index contributed by atoms with van der Waals surface area (Å²) in [7, 11) is 0. The first kappa shape index (κ1) is 13.2. The van der Waals surface area contributed by atoms with Gasteiger partial charge in [0.1, 0.15) is 5.82 Å². The van der Waals surface area contributed by atoms with Crippen LogP contribution in [0.3, 0.4) is 0 Å². The van der Waals surface area contributed by atoms with Crippen LogP contribution in [0.15, 0.2) is 57.8 Å². The Kier molecular flexibility index (Phi) is 3.28. The van der Waals surface area contributed by atoms with Crippen molar-refractivity contribution >= 4 is 44.1 Å². The van der Waals surface area contributed by atoms with E-state index >= 15 is 0 Å². The number of fused-ring (bicyclic) bond motifs is 1. The highest BCUT2D eigenvalue weighted by Crippen LogP contribution is 2.26. The van der Waals surface area contributed by atoms with Crippen molar-refractivity contribution < 1.29 is 0 Å². The molecule has 3 nitrogen and oxygen atoms in total. The highest BCUT2D eigenvalue weighted by atomic mass is 79.9. The molecule has 0 saturated heterocycles. The number of pyridine rings is 1. The third-order valence-electron chi connectivity index (χ3n) is 3.11. The largest absolute Gasteiger partial charge is 0.385 e. The van der Waals surface area contributed by atoms with Gasteiger partial charge in [0.25, 0.3) is 5.56 Å². The van der Waals surface area contributed by atoms with Crippen LogP contribution in [0.2, 0.25) is 5.02 Å². The second-order valence-corrected chi connectivity index (χ2v) is 5.72. The lowest BCUT2D eigenvalue weighted by molar-refractivity contribution is 1.02. The summed E-state index contributed by atoms with van der Waals surface area (Å²) >= 11 is 9.56. The molecule has 3 aromatic rings. The molecule has 0 unspecified atom stereocenters. The van der Waals surface area contributed by atoms with Crippen molar-refractivity contribution in [2.45, 2.75) is 0 Å². The number of nitrogen functional groups attached to an aromatic ring is 1. The molecule has 0 aliphatic rings. The third-order valence-corrected chi connectivity index (χ3v) is 3.90. The van der Waals surface area contributed by atoms with Crippen molar-refractivity contribution in [3.8, 4) is 5.69 Å². The number of nitrogens with zero attached hydrogens (tertiary/aromatic N) is 1. The monoisotopic (exact) mass is 348 g/mol. The van der Waals surface area contributed by atoms with E-state index in [9.17, 15) is 4.79 Å². The van der Waals surface area contributed by atoms with Gasteiger partial charge in [0, 0.05) is 9.86 Å². The first-order valence-corrected chi connectivity index (χ1v) is 7.11. The number of rotatable bonds is 1. The molecule has 0 fully saturated rings. The van der Waals surface area contributed by atoms with Gasteiger partial charge in [0.15, 0.2) is 0 Å². The maximum Gasteiger partial charge on any atom is 0.264 e. The Hall–Kier alpha value is -1.78. The number of benzene rings is 2. The highest BCUT2D eigenvalue weighted by molar-refractivity contribution is 9.10. The van der Waals surface area contributed by atoms with Gasteiger partial charge >= 0.3 is 0 Å². The maximum absolute atomic E-state index is 12.6. The summed E-state index contributed by atoms with van der Waals surface area (Å²) in [6, 6.07) is 14.4. The highest BCUT2D eigenvalue weighted by Gasteiger charge is 2.11. The van der Waals surface area contributed by atoms with E-state index in [0.29, 0.717) is 21.9 Å². The molecule has 2 aromatic carbocycles. The van der Waals surface area contributed by atoms with Gasteiger partial charge in [0.2, 0.25) is 0 Å². The molecule has 0 saturated carbocycles. The molecular formula is C15H10BrClN2O. The number of halogens is 2. The Morgan fingerprint density at radius 1 is 1.10 bits per heavy atom. The minimum atomic E-state index is -0.176. The molecule has 3 rings (SSSR count). The lowest BCUT2D eigenvalue weighted by Gasteiger charge is -2.13. The molecule has 0 amide bonds. The maximum atomic E-state index is 12.6. The van der Waals surface area contributed by atoms with Crippen LogP contribution in [-0.4, -0.2) is 4.57 Å². The molecule has 0 spiro atoms. The fourth-order valence-corrected chi connectivity index (χ4v) is 2.95. The zero-order valence-corrected chi connectivity index (χ0v) is 12.6. The van der Waals surface area contributed by atoms with Crippen molar-refractivity contribution in [3.05, 3.63) is 68.4 Å². The van der Waals surface area contributed by atoms with Gasteiger partial charge < -0.3 is 5.73 Å². The molecular weight excluding hydrogens is 340 g/mol. The van der Waals surface area contributed by atoms with Crippen LogP contribution in [0.4, 0.5) is 5.82 Å². The van der Waals surface area contributed by atoms with Crippen LogP contribution in [-0.2, 0) is 0 Å². The van der Waals surface area contributed by atoms with Crippen LogP contribution in [0, 0.1) is 0 Å². The minimum absolute atomic E-state index is 0.176. The first-order valence-electron chi connectivity index (χ1n) is 5.93. The summed E-state index contributed by atoms with van der Waals surface area (Å²) in [6.07, 6.45) is 0. The van der Waals surface area contributed by atoms with E-state index in [1.54, 1.807) is 24.3 Å². The smallest absolute Gasteiger partial charge is 0.264 e. The van der Waals surface area contributed by atoms with E-state index in [1.807, 2.05) is 24.3 Å². The number of anilines is 1. The number of aromatic nitrogens is 1. The zero-order valence-electron chi connectivity index (χ0n) is 10.3. The van der Waals surface area contributed by atoms with Gasteiger partial charge in [-0.1, -0.05) is 45.7 Å². The van der Waals surface area contributed by atoms with Crippen LogP contribution < -0.4 is 11.3 Å². The Labute approximate surface area is 128 Å². The van der Waals surface area contributed by atoms with Crippen molar-refractivity contribution in [2.24, 2.45) is 0 Å². The summed E-state index contributed by atoms with van der Waals surface area (Å²) in [5, 5.41) is 1.89. The Bertz CT molecular complexity index is 873. The predicted molar refractivity (Wildman–Crippen MR) is 86.7 cm³/mol. The quantitative estimate of drug-likeness (QED) is 0.722. The van der Waals surface area contributed by atoms with Gasteiger partial charge in [0.05, 0.1) is 10.7 Å². The van der Waals surface area contributed by atoms with E-state index in [0.717, 1.165) is 9.86 Å². The summed E-state index contributed by atoms with van der Waals surface area (Å²) < 4.78 is 2.27. The molecule has 0 aliphatic carbocycles. The van der Waals surface area contributed by atoms with Crippen molar-refractivity contribution in [3.63, 3.8) is 0 Å². The van der Waals surface area contributed by atoms with E-state index < -0.39 is 0 Å². The molecule has 20 heavy (non-hydrogen) atoms. The molecule has 0 aliphatic heterocycles. The molecule has 2 N–H and O–H groups in total. The normalized spacial score (nSPS) is 10.9. The zero-order chi connectivity index (χ0) is 14.3. The third kappa shape index (κ3) is 2.11. The average molecular weight is 350 g/mol. The molecule has 0 bridgehead atoms. The second kappa shape index (κ2) is 4.96. The van der Waals surface area contributed by atoms with Crippen LogP contribution in [0.25, 0.3) is 16.5 Å². The lowest BCUT2D eigenvalue weighted by Crippen LogP contribution is -2.21.